The smallest absolute Gasteiger partial charge is 0.160 e. The van der Waals surface area contributed by atoms with Crippen molar-refractivity contribution in [1.29, 1.82) is 0 Å². The molecule has 0 aliphatic carbocycles. The van der Waals surface area contributed by atoms with Crippen LogP contribution in [0.25, 0.3) is 0 Å². The van der Waals surface area contributed by atoms with E-state index in [-0.39, 0.29) is 6.10 Å². The van der Waals surface area contributed by atoms with Crippen LogP contribution in [0.1, 0.15) is 45.3 Å². The number of ether oxygens (including phenoxy) is 1. The van der Waals surface area contributed by atoms with Gasteiger partial charge >= 0.3 is 0 Å². The van der Waals surface area contributed by atoms with Crippen molar-refractivity contribution < 1.29 is 4.74 Å². The number of methoxy groups -OCH3 is 1. The van der Waals surface area contributed by atoms with Gasteiger partial charge in [0.15, 0.2) is 5.82 Å². The van der Waals surface area contributed by atoms with Crippen LogP contribution in [0.15, 0.2) is 0 Å². The summed E-state index contributed by atoms with van der Waals surface area (Å²) in [6, 6.07) is 0. The Kier molecular flexibility index (Phi) is 5.78. The lowest BCUT2D eigenvalue weighted by Crippen LogP contribution is -2.17. The van der Waals surface area contributed by atoms with Crippen molar-refractivity contribution in [1.82, 2.24) is 9.97 Å². The van der Waals surface area contributed by atoms with E-state index in [0.29, 0.717) is 23.5 Å². The Morgan fingerprint density at radius 2 is 1.83 bits per heavy atom. The Morgan fingerprint density at radius 1 is 1.22 bits per heavy atom. The molecule has 1 heterocycles. The lowest BCUT2D eigenvalue weighted by Gasteiger charge is -2.19. The number of nitrogens with zero attached hydrogens (tertiary/aromatic N) is 2. The lowest BCUT2D eigenvalue weighted by atomic mass is 10.1. The van der Waals surface area contributed by atoms with Crippen molar-refractivity contribution in [3.63, 3.8) is 0 Å². The number of nitrogens with two attached hydrogens (primary N) is 1. The Hall–Kier alpha value is -0.430. The third-order valence-corrected chi connectivity index (χ3v) is 3.85. The summed E-state index contributed by atoms with van der Waals surface area (Å²) in [5.41, 5.74) is 7.00. The maximum atomic E-state index is 5.98. The summed E-state index contributed by atoms with van der Waals surface area (Å²) in [5, 5.41) is 0. The first-order chi connectivity index (χ1) is 8.36. The second-order valence-corrected chi connectivity index (χ2v) is 6.30. The molecule has 1 aromatic heterocycles. The number of hydrogen-bond acceptors (Lipinski definition) is 4. The van der Waals surface area contributed by atoms with Gasteiger partial charge in [0.25, 0.3) is 0 Å². The van der Waals surface area contributed by atoms with Crippen molar-refractivity contribution >= 4 is 28.4 Å². The molecular weight excluding hydrogens is 341 g/mol. The lowest BCUT2D eigenvalue weighted by molar-refractivity contribution is 0.0573. The Bertz CT molecular complexity index is 407. The summed E-state index contributed by atoms with van der Waals surface area (Å²) in [5.74, 6) is 2.11. The maximum absolute atomic E-state index is 5.98. The van der Waals surface area contributed by atoms with Crippen molar-refractivity contribution in [3.05, 3.63) is 15.1 Å². The normalized spacial score (nSPS) is 13.3. The van der Waals surface area contributed by atoms with Crippen molar-refractivity contribution in [2.24, 2.45) is 11.8 Å². The summed E-state index contributed by atoms with van der Waals surface area (Å²) in [4.78, 5) is 9.01. The molecule has 1 rings (SSSR count). The minimum absolute atomic E-state index is 0.102. The van der Waals surface area contributed by atoms with Crippen LogP contribution in [0.4, 0.5) is 5.82 Å². The molecule has 4 nitrogen and oxygen atoms in total. The van der Waals surface area contributed by atoms with E-state index in [0.717, 1.165) is 15.7 Å². The van der Waals surface area contributed by atoms with Gasteiger partial charge in [-0.2, -0.15) is 0 Å². The molecule has 0 spiro atoms. The maximum Gasteiger partial charge on any atom is 0.160 e. The van der Waals surface area contributed by atoms with Crippen LogP contribution >= 0.6 is 22.6 Å². The molecular formula is C13H22IN3O. The number of nitrogen functional groups attached to an aromatic ring is 1. The molecule has 0 bridgehead atoms. The van der Waals surface area contributed by atoms with Crippen LogP contribution < -0.4 is 5.73 Å². The van der Waals surface area contributed by atoms with Gasteiger partial charge in [-0.05, 0) is 40.8 Å². The van der Waals surface area contributed by atoms with Gasteiger partial charge in [0, 0.05) is 7.11 Å². The molecule has 1 unspecified atom stereocenters. The van der Waals surface area contributed by atoms with Gasteiger partial charge in [-0.1, -0.05) is 27.7 Å². The van der Waals surface area contributed by atoms with Crippen LogP contribution in [0.5, 0.6) is 0 Å². The summed E-state index contributed by atoms with van der Waals surface area (Å²) in [6.45, 7) is 8.52. The van der Waals surface area contributed by atoms with E-state index >= 15 is 0 Å². The number of hydrogen-bond donors (Lipinski definition) is 1. The zero-order valence-corrected chi connectivity index (χ0v) is 13.9. The van der Waals surface area contributed by atoms with Crippen molar-refractivity contribution in [2.75, 3.05) is 12.8 Å². The highest BCUT2D eigenvalue weighted by Crippen LogP contribution is 2.26. The van der Waals surface area contributed by atoms with E-state index in [1.807, 2.05) is 0 Å². The third kappa shape index (κ3) is 3.78. The first kappa shape index (κ1) is 15.6. The molecule has 0 aromatic carbocycles. The fourth-order valence-corrected chi connectivity index (χ4v) is 2.32. The molecule has 0 fully saturated rings. The molecule has 102 valence electrons. The standard InChI is InChI=1S/C13H22IN3O/c1-7(2)6-9-10(14)12(15)17-13(16-9)11(18-5)8(3)4/h7-8,11H,6H2,1-5H3,(H2,15,16,17). The van der Waals surface area contributed by atoms with E-state index in [1.165, 1.54) is 0 Å². The Labute approximate surface area is 123 Å². The van der Waals surface area contributed by atoms with Crippen LogP contribution in [-0.4, -0.2) is 17.1 Å². The van der Waals surface area contributed by atoms with E-state index in [4.69, 9.17) is 10.5 Å². The first-order valence-electron chi connectivity index (χ1n) is 6.21. The quantitative estimate of drug-likeness (QED) is 0.817. The van der Waals surface area contributed by atoms with E-state index in [9.17, 15) is 0 Å². The van der Waals surface area contributed by atoms with Crippen LogP contribution in [0.2, 0.25) is 0 Å². The molecule has 0 radical (unpaired) electrons. The van der Waals surface area contributed by atoms with Crippen LogP contribution in [-0.2, 0) is 11.2 Å². The van der Waals surface area contributed by atoms with Crippen LogP contribution in [0.3, 0.4) is 0 Å². The number of halogens is 1. The summed E-state index contributed by atoms with van der Waals surface area (Å²) < 4.78 is 6.43. The minimum atomic E-state index is -0.102. The predicted molar refractivity (Wildman–Crippen MR) is 82.3 cm³/mol. The molecule has 0 saturated heterocycles. The average Bonchev–Trinajstić information content (AvgIpc) is 2.24. The zero-order valence-electron chi connectivity index (χ0n) is 11.7. The second-order valence-electron chi connectivity index (χ2n) is 5.23. The highest BCUT2D eigenvalue weighted by atomic mass is 127. The van der Waals surface area contributed by atoms with E-state index in [1.54, 1.807) is 7.11 Å². The largest absolute Gasteiger partial charge is 0.383 e. The third-order valence-electron chi connectivity index (χ3n) is 2.68. The van der Waals surface area contributed by atoms with E-state index in [2.05, 4.69) is 60.3 Å². The molecule has 0 aliphatic heterocycles. The monoisotopic (exact) mass is 363 g/mol. The van der Waals surface area contributed by atoms with E-state index < -0.39 is 0 Å². The average molecular weight is 363 g/mol. The zero-order chi connectivity index (χ0) is 13.9. The molecule has 5 heteroatoms. The molecule has 0 amide bonds. The molecule has 0 saturated carbocycles. The molecule has 18 heavy (non-hydrogen) atoms. The van der Waals surface area contributed by atoms with Crippen molar-refractivity contribution in [3.8, 4) is 0 Å². The van der Waals surface area contributed by atoms with Gasteiger partial charge in [-0.3, -0.25) is 0 Å². The number of aromatic nitrogens is 2. The predicted octanol–water partition coefficient (Wildman–Crippen LogP) is 3.21. The summed E-state index contributed by atoms with van der Waals surface area (Å²) in [7, 11) is 1.68. The Balaban J connectivity index is 3.18. The topological polar surface area (TPSA) is 61.0 Å². The fourth-order valence-electron chi connectivity index (χ4n) is 1.86. The molecule has 1 aromatic rings. The Morgan fingerprint density at radius 3 is 2.28 bits per heavy atom. The first-order valence-corrected chi connectivity index (χ1v) is 7.29. The van der Waals surface area contributed by atoms with Gasteiger partial charge in [-0.15, -0.1) is 0 Å². The van der Waals surface area contributed by atoms with Gasteiger partial charge < -0.3 is 10.5 Å². The molecule has 1 atom stereocenters. The fraction of sp³-hybridized carbons (Fsp3) is 0.692. The van der Waals surface area contributed by atoms with Crippen LogP contribution in [0, 0.1) is 15.4 Å². The number of rotatable bonds is 5. The second kappa shape index (κ2) is 6.65. The number of anilines is 1. The van der Waals surface area contributed by atoms with Gasteiger partial charge in [0.05, 0.1) is 9.26 Å². The minimum Gasteiger partial charge on any atom is -0.383 e. The highest BCUT2D eigenvalue weighted by molar-refractivity contribution is 14.1. The molecule has 0 aliphatic rings. The van der Waals surface area contributed by atoms with Gasteiger partial charge in [-0.25, -0.2) is 9.97 Å². The summed E-state index contributed by atoms with van der Waals surface area (Å²) in [6.07, 6.45) is 0.808. The van der Waals surface area contributed by atoms with Crippen molar-refractivity contribution in [2.45, 2.75) is 40.2 Å². The highest BCUT2D eigenvalue weighted by Gasteiger charge is 2.21. The summed E-state index contributed by atoms with van der Waals surface area (Å²) >= 11 is 2.22. The SMILES string of the molecule is COC(c1nc(N)c(I)c(CC(C)C)n1)C(C)C. The van der Waals surface area contributed by atoms with Gasteiger partial charge in [0.2, 0.25) is 0 Å². The molecule has 2 N–H and O–H groups in total. The van der Waals surface area contributed by atoms with Gasteiger partial charge in [0.1, 0.15) is 11.9 Å².